The van der Waals surface area contributed by atoms with Gasteiger partial charge in [0.25, 0.3) is 0 Å². The van der Waals surface area contributed by atoms with Gasteiger partial charge in [-0.1, -0.05) is 25.4 Å². The van der Waals surface area contributed by atoms with Gasteiger partial charge in [-0.25, -0.2) is 0 Å². The first-order valence-corrected chi connectivity index (χ1v) is 7.96. The van der Waals surface area contributed by atoms with E-state index in [1.54, 1.807) is 18.2 Å². The Bertz CT molecular complexity index is 520. The number of halogens is 1. The van der Waals surface area contributed by atoms with E-state index in [1.165, 1.54) is 0 Å². The molecule has 0 saturated heterocycles. The fraction of sp³-hybridized carbons (Fsp3) is 0.500. The van der Waals surface area contributed by atoms with Crippen LogP contribution in [0.2, 0.25) is 5.02 Å². The normalized spacial score (nSPS) is 11.8. The lowest BCUT2D eigenvalue weighted by Gasteiger charge is -2.13. The molecule has 0 heterocycles. The number of amides is 2. The number of nitrogens with one attached hydrogen (secondary N) is 3. The molecule has 1 rings (SSSR count). The van der Waals surface area contributed by atoms with Gasteiger partial charge in [-0.2, -0.15) is 0 Å². The average molecular weight is 326 g/mol. The van der Waals surface area contributed by atoms with Gasteiger partial charge in [0.05, 0.1) is 17.3 Å². The number of carbonyl (C=O) groups is 2. The van der Waals surface area contributed by atoms with Crippen LogP contribution in [0.3, 0.4) is 0 Å². The van der Waals surface area contributed by atoms with Crippen LogP contribution in [-0.2, 0) is 9.59 Å². The lowest BCUT2D eigenvalue weighted by molar-refractivity contribution is -0.116. The highest BCUT2D eigenvalue weighted by molar-refractivity contribution is 6.33. The number of anilines is 2. The van der Waals surface area contributed by atoms with Crippen LogP contribution in [0.25, 0.3) is 0 Å². The van der Waals surface area contributed by atoms with E-state index in [0.717, 1.165) is 12.8 Å². The van der Waals surface area contributed by atoms with Crippen LogP contribution in [0.15, 0.2) is 18.2 Å². The van der Waals surface area contributed by atoms with Crippen molar-refractivity contribution in [3.05, 3.63) is 23.2 Å². The van der Waals surface area contributed by atoms with E-state index >= 15 is 0 Å². The predicted octanol–water partition coefficient (Wildman–Crippen LogP) is 3.41. The predicted molar refractivity (Wildman–Crippen MR) is 91.4 cm³/mol. The van der Waals surface area contributed by atoms with E-state index < -0.39 is 0 Å². The van der Waals surface area contributed by atoms with Gasteiger partial charge in [-0.15, -0.1) is 0 Å². The molecular formula is C16H24ClN3O2. The van der Waals surface area contributed by atoms with E-state index in [9.17, 15) is 9.59 Å². The van der Waals surface area contributed by atoms with Gasteiger partial charge in [0.2, 0.25) is 11.8 Å². The van der Waals surface area contributed by atoms with Gasteiger partial charge in [-0.3, -0.25) is 9.59 Å². The number of hydrogen-bond acceptors (Lipinski definition) is 3. The number of benzene rings is 1. The van der Waals surface area contributed by atoms with E-state index in [1.807, 2.05) is 13.8 Å². The van der Waals surface area contributed by atoms with Crippen LogP contribution in [-0.4, -0.2) is 24.4 Å². The first-order valence-electron chi connectivity index (χ1n) is 7.58. The van der Waals surface area contributed by atoms with Crippen LogP contribution >= 0.6 is 11.6 Å². The molecule has 22 heavy (non-hydrogen) atoms. The first-order chi connectivity index (χ1) is 10.5. The Labute approximate surface area is 136 Å². The number of carbonyl (C=O) groups excluding carboxylic acids is 2. The van der Waals surface area contributed by atoms with Crippen molar-refractivity contribution in [3.8, 4) is 0 Å². The van der Waals surface area contributed by atoms with Crippen molar-refractivity contribution in [1.82, 2.24) is 5.32 Å². The molecule has 0 saturated carbocycles. The topological polar surface area (TPSA) is 70.2 Å². The molecule has 1 aromatic rings. The van der Waals surface area contributed by atoms with Gasteiger partial charge in [-0.05, 0) is 38.0 Å². The average Bonchev–Trinajstić information content (AvgIpc) is 2.48. The summed E-state index contributed by atoms with van der Waals surface area (Å²) in [5.74, 6) is -0.222. The first kappa shape index (κ1) is 18.5. The summed E-state index contributed by atoms with van der Waals surface area (Å²) in [5.41, 5.74) is 1.11. The molecule has 0 radical (unpaired) electrons. The van der Waals surface area contributed by atoms with Crippen LogP contribution < -0.4 is 16.0 Å². The Kier molecular flexibility index (Phi) is 7.91. The fourth-order valence-corrected chi connectivity index (χ4v) is 1.92. The van der Waals surface area contributed by atoms with Crippen molar-refractivity contribution >= 4 is 34.8 Å². The summed E-state index contributed by atoms with van der Waals surface area (Å²) in [6.07, 6.45) is 2.19. The molecule has 1 aromatic carbocycles. The van der Waals surface area contributed by atoms with Crippen LogP contribution in [0.1, 0.15) is 40.0 Å². The van der Waals surface area contributed by atoms with Crippen molar-refractivity contribution in [2.45, 2.75) is 46.1 Å². The molecule has 6 heteroatoms. The minimum absolute atomic E-state index is 0.0551. The maximum Gasteiger partial charge on any atom is 0.238 e. The Hall–Kier alpha value is -1.59. The smallest absolute Gasteiger partial charge is 0.238 e. The molecule has 0 bridgehead atoms. The van der Waals surface area contributed by atoms with Gasteiger partial charge < -0.3 is 16.0 Å². The third-order valence-corrected chi connectivity index (χ3v) is 3.55. The van der Waals surface area contributed by atoms with Gasteiger partial charge in [0.1, 0.15) is 0 Å². The quantitative estimate of drug-likeness (QED) is 0.686. The lowest BCUT2D eigenvalue weighted by Crippen LogP contribution is -2.34. The number of hydrogen-bond donors (Lipinski definition) is 3. The molecule has 0 aliphatic carbocycles. The Morgan fingerprint density at radius 3 is 2.55 bits per heavy atom. The SMILES string of the molecule is CCCC(=O)Nc1ccc(Cl)c(NC(=O)CNC(C)CC)c1. The Morgan fingerprint density at radius 1 is 1.18 bits per heavy atom. The van der Waals surface area contributed by atoms with Crippen LogP contribution in [0.4, 0.5) is 11.4 Å². The third-order valence-electron chi connectivity index (χ3n) is 3.22. The van der Waals surface area contributed by atoms with E-state index in [4.69, 9.17) is 11.6 Å². The van der Waals surface area contributed by atoms with Crippen molar-refractivity contribution in [2.75, 3.05) is 17.2 Å². The second-order valence-electron chi connectivity index (χ2n) is 5.23. The van der Waals surface area contributed by atoms with Crippen LogP contribution in [0, 0.1) is 0 Å². The van der Waals surface area contributed by atoms with Crippen LogP contribution in [0.5, 0.6) is 0 Å². The molecular weight excluding hydrogens is 302 g/mol. The molecule has 0 spiro atoms. The molecule has 3 N–H and O–H groups in total. The largest absolute Gasteiger partial charge is 0.326 e. The standard InChI is InChI=1S/C16H24ClN3O2/c1-4-6-15(21)19-12-7-8-13(17)14(9-12)20-16(22)10-18-11(3)5-2/h7-9,11,18H,4-6,10H2,1-3H3,(H,19,21)(H,20,22). The summed E-state index contributed by atoms with van der Waals surface area (Å²) >= 11 is 6.08. The highest BCUT2D eigenvalue weighted by atomic mass is 35.5. The highest BCUT2D eigenvalue weighted by Gasteiger charge is 2.09. The second-order valence-corrected chi connectivity index (χ2v) is 5.64. The number of rotatable bonds is 8. The van der Waals surface area contributed by atoms with Crippen molar-refractivity contribution in [3.63, 3.8) is 0 Å². The summed E-state index contributed by atoms with van der Waals surface area (Å²) < 4.78 is 0. The van der Waals surface area contributed by atoms with Crippen molar-refractivity contribution < 1.29 is 9.59 Å². The summed E-state index contributed by atoms with van der Waals surface area (Å²) in [7, 11) is 0. The molecule has 122 valence electrons. The molecule has 0 aliphatic rings. The maximum absolute atomic E-state index is 11.9. The minimum Gasteiger partial charge on any atom is -0.326 e. The zero-order valence-corrected chi connectivity index (χ0v) is 14.1. The van der Waals surface area contributed by atoms with Crippen molar-refractivity contribution in [1.29, 1.82) is 0 Å². The second kappa shape index (κ2) is 9.43. The molecule has 0 aromatic heterocycles. The van der Waals surface area contributed by atoms with Gasteiger partial charge >= 0.3 is 0 Å². The van der Waals surface area contributed by atoms with E-state index in [2.05, 4.69) is 22.9 Å². The maximum atomic E-state index is 11.9. The van der Waals surface area contributed by atoms with E-state index in [0.29, 0.717) is 22.8 Å². The molecule has 1 unspecified atom stereocenters. The third kappa shape index (κ3) is 6.45. The summed E-state index contributed by atoms with van der Waals surface area (Å²) in [5, 5.41) is 9.08. The molecule has 1 atom stereocenters. The molecule has 0 aliphatic heterocycles. The molecule has 0 fully saturated rings. The summed E-state index contributed by atoms with van der Waals surface area (Å²) in [4.78, 5) is 23.5. The lowest BCUT2D eigenvalue weighted by atomic mass is 10.2. The fourth-order valence-electron chi connectivity index (χ4n) is 1.76. The molecule has 2 amide bonds. The van der Waals surface area contributed by atoms with Gasteiger partial charge in [0.15, 0.2) is 0 Å². The minimum atomic E-state index is -0.167. The Balaban J connectivity index is 2.65. The monoisotopic (exact) mass is 325 g/mol. The van der Waals surface area contributed by atoms with Crippen molar-refractivity contribution in [2.24, 2.45) is 0 Å². The highest BCUT2D eigenvalue weighted by Crippen LogP contribution is 2.25. The Morgan fingerprint density at radius 2 is 1.91 bits per heavy atom. The van der Waals surface area contributed by atoms with E-state index in [-0.39, 0.29) is 24.4 Å². The zero-order valence-electron chi connectivity index (χ0n) is 13.3. The zero-order chi connectivity index (χ0) is 16.5. The summed E-state index contributed by atoms with van der Waals surface area (Å²) in [6, 6.07) is 5.31. The molecule has 5 nitrogen and oxygen atoms in total. The van der Waals surface area contributed by atoms with Gasteiger partial charge in [0, 0.05) is 18.2 Å². The summed E-state index contributed by atoms with van der Waals surface area (Å²) in [6.45, 7) is 6.23.